The fourth-order valence-electron chi connectivity index (χ4n) is 3.72. The van der Waals surface area contributed by atoms with E-state index in [0.717, 1.165) is 30.8 Å². The van der Waals surface area contributed by atoms with Crippen molar-refractivity contribution in [2.75, 3.05) is 18.4 Å². The maximum absolute atomic E-state index is 12.6. The van der Waals surface area contributed by atoms with Crippen molar-refractivity contribution in [3.05, 3.63) is 65.2 Å². The van der Waals surface area contributed by atoms with E-state index in [2.05, 4.69) is 5.32 Å². The molecule has 0 saturated carbocycles. The number of rotatable bonds is 4. The molecule has 148 valence electrons. The maximum Gasteiger partial charge on any atom is 0.262 e. The van der Waals surface area contributed by atoms with Crippen LogP contribution in [-0.4, -0.2) is 52.6 Å². The van der Waals surface area contributed by atoms with Gasteiger partial charge in [0, 0.05) is 24.3 Å². The summed E-state index contributed by atoms with van der Waals surface area (Å²) in [4.78, 5) is 52.9. The Labute approximate surface area is 168 Å². The Morgan fingerprint density at radius 1 is 0.897 bits per heavy atom. The van der Waals surface area contributed by atoms with E-state index in [-0.39, 0.29) is 5.91 Å². The van der Waals surface area contributed by atoms with E-state index < -0.39 is 23.8 Å². The third-order valence-corrected chi connectivity index (χ3v) is 5.38. The fourth-order valence-corrected chi connectivity index (χ4v) is 3.72. The Morgan fingerprint density at radius 2 is 1.45 bits per heavy atom. The Hall–Kier alpha value is -3.48. The van der Waals surface area contributed by atoms with E-state index >= 15 is 0 Å². The lowest BCUT2D eigenvalue weighted by Crippen LogP contribution is -2.45. The van der Waals surface area contributed by atoms with Crippen molar-refractivity contribution in [3.63, 3.8) is 0 Å². The number of carbonyl (C=O) groups excluding carboxylic acids is 4. The summed E-state index contributed by atoms with van der Waals surface area (Å²) in [7, 11) is 0. The molecule has 2 aliphatic rings. The highest BCUT2D eigenvalue weighted by atomic mass is 16.2. The Bertz CT molecular complexity index is 958. The molecule has 0 aliphatic carbocycles. The summed E-state index contributed by atoms with van der Waals surface area (Å²) in [5, 5.41) is 2.71. The quantitative estimate of drug-likeness (QED) is 0.812. The van der Waals surface area contributed by atoms with Crippen LogP contribution >= 0.6 is 0 Å². The number of benzene rings is 2. The molecule has 2 aromatic rings. The molecule has 0 radical (unpaired) electrons. The zero-order valence-corrected chi connectivity index (χ0v) is 16.1. The zero-order valence-electron chi connectivity index (χ0n) is 16.1. The lowest BCUT2D eigenvalue weighted by Gasteiger charge is -2.21. The van der Waals surface area contributed by atoms with Crippen LogP contribution in [0.2, 0.25) is 0 Å². The molecule has 0 aromatic heterocycles. The van der Waals surface area contributed by atoms with E-state index in [1.807, 2.05) is 4.90 Å². The first-order chi connectivity index (χ1) is 14.0. The molecule has 1 fully saturated rings. The number of fused-ring (bicyclic) bond motifs is 1. The molecule has 1 saturated heterocycles. The maximum atomic E-state index is 12.6. The normalized spacial score (nSPS) is 16.7. The second-order valence-corrected chi connectivity index (χ2v) is 7.27. The van der Waals surface area contributed by atoms with Gasteiger partial charge in [0.15, 0.2) is 0 Å². The largest absolute Gasteiger partial charge is 0.339 e. The molecule has 29 heavy (non-hydrogen) atoms. The lowest BCUT2D eigenvalue weighted by molar-refractivity contribution is -0.119. The number of hydrogen-bond donors (Lipinski definition) is 1. The number of carbonyl (C=O) groups is 4. The van der Waals surface area contributed by atoms with Gasteiger partial charge in [-0.2, -0.15) is 0 Å². The van der Waals surface area contributed by atoms with Gasteiger partial charge in [-0.3, -0.25) is 24.1 Å². The van der Waals surface area contributed by atoms with Gasteiger partial charge in [0.1, 0.15) is 6.04 Å². The molecule has 4 amide bonds. The summed E-state index contributed by atoms with van der Waals surface area (Å²) in [6.45, 7) is 3.06. The smallest absolute Gasteiger partial charge is 0.262 e. The molecule has 1 N–H and O–H groups in total. The monoisotopic (exact) mass is 391 g/mol. The number of likely N-dealkylation sites (tertiary alicyclic amines) is 1. The first-order valence-electron chi connectivity index (χ1n) is 9.64. The highest BCUT2D eigenvalue weighted by molar-refractivity contribution is 6.23. The van der Waals surface area contributed by atoms with Crippen molar-refractivity contribution in [3.8, 4) is 0 Å². The minimum atomic E-state index is -0.965. The minimum Gasteiger partial charge on any atom is -0.339 e. The number of nitrogens with one attached hydrogen (secondary N) is 1. The van der Waals surface area contributed by atoms with E-state index in [1.54, 1.807) is 48.5 Å². The van der Waals surface area contributed by atoms with Gasteiger partial charge in [-0.1, -0.05) is 12.1 Å². The number of nitrogens with zero attached hydrogens (tertiary/aromatic N) is 2. The van der Waals surface area contributed by atoms with E-state index in [0.29, 0.717) is 22.4 Å². The molecule has 2 heterocycles. The van der Waals surface area contributed by atoms with Gasteiger partial charge in [0.25, 0.3) is 17.7 Å². The summed E-state index contributed by atoms with van der Waals surface area (Å²) >= 11 is 0. The Kier molecular flexibility index (Phi) is 4.88. The summed E-state index contributed by atoms with van der Waals surface area (Å²) in [5.74, 6) is -1.43. The van der Waals surface area contributed by atoms with Crippen molar-refractivity contribution in [1.82, 2.24) is 9.80 Å². The van der Waals surface area contributed by atoms with Crippen molar-refractivity contribution in [2.24, 2.45) is 0 Å². The van der Waals surface area contributed by atoms with Crippen LogP contribution < -0.4 is 5.32 Å². The van der Waals surface area contributed by atoms with Crippen LogP contribution in [0.3, 0.4) is 0 Å². The van der Waals surface area contributed by atoms with Gasteiger partial charge < -0.3 is 10.2 Å². The van der Waals surface area contributed by atoms with Crippen LogP contribution in [0.5, 0.6) is 0 Å². The minimum absolute atomic E-state index is 0.0141. The van der Waals surface area contributed by atoms with Crippen molar-refractivity contribution < 1.29 is 19.2 Å². The summed E-state index contributed by atoms with van der Waals surface area (Å²) in [6, 6.07) is 12.2. The zero-order chi connectivity index (χ0) is 20.5. The van der Waals surface area contributed by atoms with Gasteiger partial charge in [0.05, 0.1) is 11.1 Å². The lowest BCUT2D eigenvalue weighted by atomic mass is 10.1. The molecule has 1 unspecified atom stereocenters. The second kappa shape index (κ2) is 7.50. The van der Waals surface area contributed by atoms with Crippen molar-refractivity contribution in [2.45, 2.75) is 25.8 Å². The average Bonchev–Trinajstić information content (AvgIpc) is 3.36. The van der Waals surface area contributed by atoms with Crippen LogP contribution in [-0.2, 0) is 4.79 Å². The number of hydrogen-bond acceptors (Lipinski definition) is 4. The summed E-state index contributed by atoms with van der Waals surface area (Å²) in [6.07, 6.45) is 2.05. The van der Waals surface area contributed by atoms with E-state index in [4.69, 9.17) is 0 Å². The third-order valence-electron chi connectivity index (χ3n) is 5.38. The molecule has 2 aliphatic heterocycles. The van der Waals surface area contributed by atoms with Gasteiger partial charge >= 0.3 is 0 Å². The number of amides is 4. The average molecular weight is 391 g/mol. The third kappa shape index (κ3) is 3.40. The molecule has 0 bridgehead atoms. The van der Waals surface area contributed by atoms with Crippen molar-refractivity contribution in [1.29, 1.82) is 0 Å². The van der Waals surface area contributed by atoms with Crippen LogP contribution in [0, 0.1) is 0 Å². The summed E-state index contributed by atoms with van der Waals surface area (Å²) < 4.78 is 0. The standard InChI is InChI=1S/C22H21N3O4/c1-14(25-21(28)17-6-2-3-7-18(17)22(25)29)19(26)23-16-10-8-15(9-11-16)20(27)24-12-4-5-13-24/h2-3,6-11,14H,4-5,12-13H2,1H3,(H,23,26). The van der Waals surface area contributed by atoms with Crippen LogP contribution in [0.25, 0.3) is 0 Å². The fraction of sp³-hybridized carbons (Fsp3) is 0.273. The predicted molar refractivity (Wildman–Crippen MR) is 107 cm³/mol. The molecule has 2 aromatic carbocycles. The molecule has 7 heteroatoms. The number of anilines is 1. The van der Waals surface area contributed by atoms with Crippen LogP contribution in [0.1, 0.15) is 50.8 Å². The summed E-state index contributed by atoms with van der Waals surface area (Å²) in [5.41, 5.74) is 1.68. The first kappa shape index (κ1) is 18.9. The molecule has 0 spiro atoms. The van der Waals surface area contributed by atoms with Crippen LogP contribution in [0.4, 0.5) is 5.69 Å². The molecular formula is C22H21N3O4. The van der Waals surface area contributed by atoms with Crippen LogP contribution in [0.15, 0.2) is 48.5 Å². The Morgan fingerprint density at radius 3 is 2.00 bits per heavy atom. The molecule has 1 atom stereocenters. The molecular weight excluding hydrogens is 370 g/mol. The second-order valence-electron chi connectivity index (χ2n) is 7.27. The van der Waals surface area contributed by atoms with E-state index in [1.165, 1.54) is 6.92 Å². The van der Waals surface area contributed by atoms with Crippen molar-refractivity contribution >= 4 is 29.3 Å². The molecule has 4 rings (SSSR count). The van der Waals surface area contributed by atoms with E-state index in [9.17, 15) is 19.2 Å². The topological polar surface area (TPSA) is 86.8 Å². The SMILES string of the molecule is CC(C(=O)Nc1ccc(C(=O)N2CCCC2)cc1)N1C(=O)c2ccccc2C1=O. The highest BCUT2D eigenvalue weighted by Crippen LogP contribution is 2.25. The highest BCUT2D eigenvalue weighted by Gasteiger charge is 2.40. The number of imide groups is 1. The first-order valence-corrected chi connectivity index (χ1v) is 9.64. The molecule has 7 nitrogen and oxygen atoms in total. The Balaban J connectivity index is 1.43. The van der Waals surface area contributed by atoms with Gasteiger partial charge in [-0.15, -0.1) is 0 Å². The predicted octanol–water partition coefficient (Wildman–Crippen LogP) is 2.55. The van der Waals surface area contributed by atoms with Gasteiger partial charge in [-0.25, -0.2) is 0 Å². The van der Waals surface area contributed by atoms with Gasteiger partial charge in [-0.05, 0) is 56.2 Å². The van der Waals surface area contributed by atoms with Gasteiger partial charge in [0.2, 0.25) is 5.91 Å².